The SMILES string of the molecule is C=CC(=O)Nc1ccc2c(ccn2[C@H]2CC[C@H](C(F)(F)F)CC2)c1. The normalized spacial score (nSPS) is 21.6. The Morgan fingerprint density at radius 3 is 2.54 bits per heavy atom. The summed E-state index contributed by atoms with van der Waals surface area (Å²) in [5.41, 5.74) is 1.65. The summed E-state index contributed by atoms with van der Waals surface area (Å²) in [6.07, 6.45) is 0.466. The van der Waals surface area contributed by atoms with Gasteiger partial charge in [0.2, 0.25) is 5.91 Å². The minimum absolute atomic E-state index is 0.0923. The number of anilines is 1. The Morgan fingerprint density at radius 2 is 1.92 bits per heavy atom. The molecule has 0 saturated heterocycles. The summed E-state index contributed by atoms with van der Waals surface area (Å²) in [6.45, 7) is 3.41. The van der Waals surface area contributed by atoms with E-state index < -0.39 is 12.1 Å². The van der Waals surface area contributed by atoms with E-state index in [9.17, 15) is 18.0 Å². The van der Waals surface area contributed by atoms with Crippen molar-refractivity contribution in [2.45, 2.75) is 37.9 Å². The van der Waals surface area contributed by atoms with Gasteiger partial charge in [-0.15, -0.1) is 0 Å². The van der Waals surface area contributed by atoms with E-state index in [1.165, 1.54) is 6.08 Å². The topological polar surface area (TPSA) is 34.0 Å². The Hall–Kier alpha value is -2.24. The zero-order chi connectivity index (χ0) is 17.3. The average Bonchev–Trinajstić information content (AvgIpc) is 2.97. The minimum Gasteiger partial charge on any atom is -0.344 e. The highest BCUT2D eigenvalue weighted by Gasteiger charge is 2.41. The summed E-state index contributed by atoms with van der Waals surface area (Å²) in [5, 5.41) is 3.66. The van der Waals surface area contributed by atoms with E-state index in [1.54, 1.807) is 6.07 Å². The van der Waals surface area contributed by atoms with Gasteiger partial charge in [0.05, 0.1) is 5.92 Å². The molecule has 0 radical (unpaired) electrons. The molecule has 0 unspecified atom stereocenters. The van der Waals surface area contributed by atoms with Crippen LogP contribution < -0.4 is 5.32 Å². The highest BCUT2D eigenvalue weighted by Crippen LogP contribution is 2.42. The molecule has 1 heterocycles. The predicted molar refractivity (Wildman–Crippen MR) is 87.8 cm³/mol. The molecule has 1 aromatic carbocycles. The lowest BCUT2D eigenvalue weighted by Crippen LogP contribution is -2.28. The fraction of sp³-hybridized carbons (Fsp3) is 0.389. The van der Waals surface area contributed by atoms with Crippen LogP contribution in [0, 0.1) is 5.92 Å². The van der Waals surface area contributed by atoms with Gasteiger partial charge in [0.15, 0.2) is 0 Å². The van der Waals surface area contributed by atoms with Gasteiger partial charge >= 0.3 is 6.18 Å². The van der Waals surface area contributed by atoms with E-state index in [4.69, 9.17) is 0 Å². The van der Waals surface area contributed by atoms with Gasteiger partial charge in [-0.1, -0.05) is 6.58 Å². The highest BCUT2D eigenvalue weighted by atomic mass is 19.4. The van der Waals surface area contributed by atoms with Crippen LogP contribution in [0.1, 0.15) is 31.7 Å². The number of fused-ring (bicyclic) bond motifs is 1. The largest absolute Gasteiger partial charge is 0.391 e. The maximum absolute atomic E-state index is 12.8. The van der Waals surface area contributed by atoms with Gasteiger partial charge in [-0.2, -0.15) is 13.2 Å². The zero-order valence-electron chi connectivity index (χ0n) is 13.1. The number of hydrogen-bond acceptors (Lipinski definition) is 1. The molecule has 1 aliphatic carbocycles. The van der Waals surface area contributed by atoms with Crippen LogP contribution in [0.5, 0.6) is 0 Å². The fourth-order valence-corrected chi connectivity index (χ4v) is 3.43. The van der Waals surface area contributed by atoms with Crippen LogP contribution in [-0.4, -0.2) is 16.7 Å². The number of nitrogens with zero attached hydrogens (tertiary/aromatic N) is 1. The van der Waals surface area contributed by atoms with E-state index in [-0.39, 0.29) is 24.8 Å². The average molecular weight is 336 g/mol. The number of amides is 1. The lowest BCUT2D eigenvalue weighted by Gasteiger charge is -2.31. The Labute approximate surface area is 138 Å². The molecule has 1 aliphatic rings. The van der Waals surface area contributed by atoms with Crippen LogP contribution >= 0.6 is 0 Å². The third-order valence-electron chi connectivity index (χ3n) is 4.73. The van der Waals surface area contributed by atoms with Crippen molar-refractivity contribution in [3.63, 3.8) is 0 Å². The van der Waals surface area contributed by atoms with Crippen LogP contribution in [0.2, 0.25) is 0 Å². The van der Waals surface area contributed by atoms with Crippen LogP contribution in [0.3, 0.4) is 0 Å². The molecule has 6 heteroatoms. The number of aromatic nitrogens is 1. The Kier molecular flexibility index (Phi) is 4.39. The van der Waals surface area contributed by atoms with Crippen molar-refractivity contribution in [1.82, 2.24) is 4.57 Å². The summed E-state index contributed by atoms with van der Waals surface area (Å²) >= 11 is 0. The summed E-state index contributed by atoms with van der Waals surface area (Å²) in [7, 11) is 0. The van der Waals surface area contributed by atoms with E-state index >= 15 is 0 Å². The zero-order valence-corrected chi connectivity index (χ0v) is 13.1. The molecule has 3 rings (SSSR count). The molecule has 3 nitrogen and oxygen atoms in total. The summed E-state index contributed by atoms with van der Waals surface area (Å²) in [6, 6.07) is 7.56. The van der Waals surface area contributed by atoms with Crippen molar-refractivity contribution < 1.29 is 18.0 Å². The maximum Gasteiger partial charge on any atom is 0.391 e. The smallest absolute Gasteiger partial charge is 0.344 e. The quantitative estimate of drug-likeness (QED) is 0.781. The lowest BCUT2D eigenvalue weighted by molar-refractivity contribution is -0.183. The molecule has 0 aliphatic heterocycles. The molecule has 2 aromatic rings. The lowest BCUT2D eigenvalue weighted by atomic mass is 9.85. The van der Waals surface area contributed by atoms with E-state index in [0.717, 1.165) is 10.9 Å². The molecular weight excluding hydrogens is 317 g/mol. The van der Waals surface area contributed by atoms with Crippen LogP contribution in [0.25, 0.3) is 10.9 Å². The third-order valence-corrected chi connectivity index (χ3v) is 4.73. The first-order valence-electron chi connectivity index (χ1n) is 7.99. The van der Waals surface area contributed by atoms with Crippen LogP contribution in [0.4, 0.5) is 18.9 Å². The van der Waals surface area contributed by atoms with Crippen molar-refractivity contribution in [3.05, 3.63) is 43.1 Å². The second-order valence-electron chi connectivity index (χ2n) is 6.24. The van der Waals surface area contributed by atoms with Gasteiger partial charge in [-0.3, -0.25) is 4.79 Å². The first-order valence-corrected chi connectivity index (χ1v) is 7.99. The first-order chi connectivity index (χ1) is 11.4. The molecule has 0 atom stereocenters. The van der Waals surface area contributed by atoms with E-state index in [2.05, 4.69) is 16.5 Å². The van der Waals surface area contributed by atoms with Gasteiger partial charge in [0, 0.05) is 28.8 Å². The monoisotopic (exact) mass is 336 g/mol. The summed E-state index contributed by atoms with van der Waals surface area (Å²) in [4.78, 5) is 11.4. The van der Waals surface area contributed by atoms with Crippen molar-refractivity contribution in [2.75, 3.05) is 5.32 Å². The second-order valence-corrected chi connectivity index (χ2v) is 6.24. The van der Waals surface area contributed by atoms with Crippen LogP contribution in [0.15, 0.2) is 43.1 Å². The number of nitrogens with one attached hydrogen (secondary N) is 1. The van der Waals surface area contributed by atoms with Crippen LogP contribution in [-0.2, 0) is 4.79 Å². The van der Waals surface area contributed by atoms with Gasteiger partial charge < -0.3 is 9.88 Å². The molecule has 1 fully saturated rings. The first kappa shape index (κ1) is 16.6. The van der Waals surface area contributed by atoms with Crippen molar-refractivity contribution in [1.29, 1.82) is 0 Å². The fourth-order valence-electron chi connectivity index (χ4n) is 3.43. The number of carbonyl (C=O) groups excluding carboxylic acids is 1. The van der Waals surface area contributed by atoms with Crippen molar-refractivity contribution in [3.8, 4) is 0 Å². The molecule has 24 heavy (non-hydrogen) atoms. The van der Waals surface area contributed by atoms with Gasteiger partial charge in [-0.25, -0.2) is 0 Å². The summed E-state index contributed by atoms with van der Waals surface area (Å²) < 4.78 is 40.4. The molecule has 128 valence electrons. The molecule has 1 saturated carbocycles. The van der Waals surface area contributed by atoms with Crippen molar-refractivity contribution in [2.24, 2.45) is 5.92 Å². The number of hydrogen-bond donors (Lipinski definition) is 1. The van der Waals surface area contributed by atoms with Gasteiger partial charge in [0.25, 0.3) is 0 Å². The van der Waals surface area contributed by atoms with E-state index in [0.29, 0.717) is 18.5 Å². The Bertz CT molecular complexity index is 755. The molecular formula is C18H19F3N2O. The standard InChI is InChI=1S/C18H19F3N2O/c1-2-17(24)22-14-5-8-16-12(11-14)9-10-23(16)15-6-3-13(4-7-15)18(19,20)21/h2,5,8-11,13,15H,1,3-4,6-7H2,(H,22,24)/t13-,15-. The number of alkyl halides is 3. The number of carbonyl (C=O) groups is 1. The highest BCUT2D eigenvalue weighted by molar-refractivity contribution is 6.00. The minimum atomic E-state index is -4.08. The summed E-state index contributed by atoms with van der Waals surface area (Å²) in [5.74, 6) is -1.45. The predicted octanol–water partition coefficient (Wildman–Crippen LogP) is 5.06. The molecule has 0 bridgehead atoms. The van der Waals surface area contributed by atoms with Gasteiger partial charge in [-0.05, 0) is 56.0 Å². The number of halogens is 3. The number of benzene rings is 1. The molecule has 1 N–H and O–H groups in total. The van der Waals surface area contributed by atoms with Gasteiger partial charge in [0.1, 0.15) is 0 Å². The third kappa shape index (κ3) is 3.32. The Morgan fingerprint density at radius 1 is 1.21 bits per heavy atom. The second kappa shape index (κ2) is 6.34. The molecule has 0 spiro atoms. The Balaban J connectivity index is 1.77. The van der Waals surface area contributed by atoms with Crippen molar-refractivity contribution >= 4 is 22.5 Å². The maximum atomic E-state index is 12.8. The number of rotatable bonds is 3. The molecule has 1 amide bonds. The van der Waals surface area contributed by atoms with E-state index in [1.807, 2.05) is 24.4 Å². The molecule has 1 aromatic heterocycles.